The monoisotopic (exact) mass is 275 g/mol. The summed E-state index contributed by atoms with van der Waals surface area (Å²) in [6.45, 7) is 6.73. The minimum Gasteiger partial charge on any atom is -0.496 e. The molecule has 112 valence electrons. The molecular formula is C18H29NO. The van der Waals surface area contributed by atoms with Gasteiger partial charge < -0.3 is 10.1 Å². The molecule has 2 unspecified atom stereocenters. The Hall–Kier alpha value is -1.02. The maximum absolute atomic E-state index is 5.53. The SMILES string of the molecule is CCCNCC1CCCC1Cc1cc(C)ccc1OC. The fraction of sp³-hybridized carbons (Fsp3) is 0.667. The molecule has 20 heavy (non-hydrogen) atoms. The minimum absolute atomic E-state index is 0.815. The van der Waals surface area contributed by atoms with Gasteiger partial charge in [-0.05, 0) is 69.2 Å². The van der Waals surface area contributed by atoms with E-state index in [9.17, 15) is 0 Å². The summed E-state index contributed by atoms with van der Waals surface area (Å²) < 4.78 is 5.53. The van der Waals surface area contributed by atoms with Crippen molar-refractivity contribution < 1.29 is 4.74 Å². The van der Waals surface area contributed by atoms with E-state index in [-0.39, 0.29) is 0 Å². The number of ether oxygens (including phenoxy) is 1. The summed E-state index contributed by atoms with van der Waals surface area (Å²) in [4.78, 5) is 0. The van der Waals surface area contributed by atoms with Gasteiger partial charge in [0.15, 0.2) is 0 Å². The molecule has 1 aromatic rings. The van der Waals surface area contributed by atoms with E-state index in [4.69, 9.17) is 4.74 Å². The van der Waals surface area contributed by atoms with Gasteiger partial charge in [-0.25, -0.2) is 0 Å². The first-order valence-corrected chi connectivity index (χ1v) is 8.08. The van der Waals surface area contributed by atoms with Gasteiger partial charge in [0.05, 0.1) is 7.11 Å². The third kappa shape index (κ3) is 3.99. The van der Waals surface area contributed by atoms with Crippen LogP contribution in [0.5, 0.6) is 5.75 Å². The van der Waals surface area contributed by atoms with Crippen LogP contribution in [-0.4, -0.2) is 20.2 Å². The van der Waals surface area contributed by atoms with Gasteiger partial charge in [0, 0.05) is 0 Å². The second kappa shape index (κ2) is 7.68. The highest BCUT2D eigenvalue weighted by Crippen LogP contribution is 2.36. The number of nitrogens with one attached hydrogen (secondary N) is 1. The number of methoxy groups -OCH3 is 1. The topological polar surface area (TPSA) is 21.3 Å². The van der Waals surface area contributed by atoms with Crippen LogP contribution in [0, 0.1) is 18.8 Å². The maximum atomic E-state index is 5.53. The summed E-state index contributed by atoms with van der Waals surface area (Å²) in [5, 5.41) is 3.60. The van der Waals surface area contributed by atoms with E-state index in [0.29, 0.717) is 0 Å². The molecule has 1 fully saturated rings. The Morgan fingerprint density at radius 1 is 1.25 bits per heavy atom. The van der Waals surface area contributed by atoms with E-state index < -0.39 is 0 Å². The number of hydrogen-bond donors (Lipinski definition) is 1. The predicted octanol–water partition coefficient (Wildman–Crippen LogP) is 3.96. The molecule has 0 radical (unpaired) electrons. The largest absolute Gasteiger partial charge is 0.496 e. The van der Waals surface area contributed by atoms with Crippen molar-refractivity contribution in [3.63, 3.8) is 0 Å². The molecular weight excluding hydrogens is 246 g/mol. The third-order valence-electron chi connectivity index (χ3n) is 4.57. The Kier molecular flexibility index (Phi) is 5.90. The molecule has 0 heterocycles. The molecule has 0 saturated heterocycles. The number of benzene rings is 1. The molecule has 0 spiro atoms. The average molecular weight is 275 g/mol. The number of rotatable bonds is 7. The van der Waals surface area contributed by atoms with Crippen molar-refractivity contribution in [2.45, 2.75) is 46.0 Å². The Morgan fingerprint density at radius 3 is 2.80 bits per heavy atom. The molecule has 1 N–H and O–H groups in total. The minimum atomic E-state index is 0.815. The van der Waals surface area contributed by atoms with Crippen LogP contribution in [0.3, 0.4) is 0 Å². The van der Waals surface area contributed by atoms with Crippen molar-refractivity contribution in [3.05, 3.63) is 29.3 Å². The third-order valence-corrected chi connectivity index (χ3v) is 4.57. The van der Waals surface area contributed by atoms with Crippen LogP contribution in [0.4, 0.5) is 0 Å². The van der Waals surface area contributed by atoms with Crippen molar-refractivity contribution in [2.75, 3.05) is 20.2 Å². The van der Waals surface area contributed by atoms with Gasteiger partial charge in [-0.1, -0.05) is 31.0 Å². The van der Waals surface area contributed by atoms with Crippen LogP contribution in [-0.2, 0) is 6.42 Å². The zero-order valence-electron chi connectivity index (χ0n) is 13.2. The Morgan fingerprint density at radius 2 is 2.05 bits per heavy atom. The summed E-state index contributed by atoms with van der Waals surface area (Å²) in [5.41, 5.74) is 2.72. The highest BCUT2D eigenvalue weighted by molar-refractivity contribution is 5.37. The summed E-state index contributed by atoms with van der Waals surface area (Å²) >= 11 is 0. The molecule has 2 nitrogen and oxygen atoms in total. The summed E-state index contributed by atoms with van der Waals surface area (Å²) in [6.07, 6.45) is 6.54. The zero-order valence-corrected chi connectivity index (χ0v) is 13.2. The van der Waals surface area contributed by atoms with Crippen LogP contribution in [0.2, 0.25) is 0 Å². The van der Waals surface area contributed by atoms with Crippen molar-refractivity contribution in [3.8, 4) is 5.75 Å². The summed E-state index contributed by atoms with van der Waals surface area (Å²) in [6, 6.07) is 6.55. The van der Waals surface area contributed by atoms with Crippen molar-refractivity contribution in [1.29, 1.82) is 0 Å². The smallest absolute Gasteiger partial charge is 0.122 e. The van der Waals surface area contributed by atoms with Crippen LogP contribution in [0.1, 0.15) is 43.7 Å². The quantitative estimate of drug-likeness (QED) is 0.760. The Bertz CT molecular complexity index is 416. The molecule has 0 bridgehead atoms. The highest BCUT2D eigenvalue weighted by atomic mass is 16.5. The van der Waals surface area contributed by atoms with Gasteiger partial charge in [-0.15, -0.1) is 0 Å². The molecule has 1 aromatic carbocycles. The predicted molar refractivity (Wildman–Crippen MR) is 85.4 cm³/mol. The van der Waals surface area contributed by atoms with Gasteiger partial charge in [-0.2, -0.15) is 0 Å². The van der Waals surface area contributed by atoms with E-state index in [1.807, 2.05) is 0 Å². The van der Waals surface area contributed by atoms with E-state index in [1.165, 1.54) is 49.8 Å². The number of aryl methyl sites for hydroxylation is 1. The normalized spacial score (nSPS) is 22.1. The maximum Gasteiger partial charge on any atom is 0.122 e. The fourth-order valence-electron chi connectivity index (χ4n) is 3.46. The molecule has 0 aliphatic heterocycles. The summed E-state index contributed by atoms with van der Waals surface area (Å²) in [7, 11) is 1.78. The van der Waals surface area contributed by atoms with Gasteiger partial charge >= 0.3 is 0 Å². The van der Waals surface area contributed by atoms with Gasteiger partial charge in [0.2, 0.25) is 0 Å². The molecule has 2 rings (SSSR count). The lowest BCUT2D eigenvalue weighted by atomic mass is 9.88. The van der Waals surface area contributed by atoms with E-state index in [2.05, 4.69) is 37.4 Å². The molecule has 0 aromatic heterocycles. The molecule has 2 heteroatoms. The second-order valence-electron chi connectivity index (χ2n) is 6.17. The van der Waals surface area contributed by atoms with Gasteiger partial charge in [0.1, 0.15) is 5.75 Å². The first kappa shape index (κ1) is 15.4. The lowest BCUT2D eigenvalue weighted by Gasteiger charge is -2.21. The lowest BCUT2D eigenvalue weighted by Crippen LogP contribution is -2.26. The van der Waals surface area contributed by atoms with Crippen molar-refractivity contribution in [1.82, 2.24) is 5.32 Å². The van der Waals surface area contributed by atoms with Crippen LogP contribution in [0.15, 0.2) is 18.2 Å². The molecule has 1 saturated carbocycles. The molecule has 0 amide bonds. The average Bonchev–Trinajstić information content (AvgIpc) is 2.87. The number of hydrogen-bond acceptors (Lipinski definition) is 2. The second-order valence-corrected chi connectivity index (χ2v) is 6.17. The summed E-state index contributed by atoms with van der Waals surface area (Å²) in [5.74, 6) is 2.71. The highest BCUT2D eigenvalue weighted by Gasteiger charge is 2.27. The first-order valence-electron chi connectivity index (χ1n) is 8.08. The Balaban J connectivity index is 1.99. The van der Waals surface area contributed by atoms with Crippen molar-refractivity contribution in [2.24, 2.45) is 11.8 Å². The zero-order chi connectivity index (χ0) is 14.4. The standard InChI is InChI=1S/C18H29NO/c1-4-10-19-13-16-7-5-6-15(16)12-17-11-14(2)8-9-18(17)20-3/h8-9,11,15-16,19H,4-7,10,12-13H2,1-3H3. The molecule has 1 aliphatic carbocycles. The van der Waals surface area contributed by atoms with E-state index in [0.717, 1.165) is 24.1 Å². The van der Waals surface area contributed by atoms with Gasteiger partial charge in [-0.3, -0.25) is 0 Å². The van der Waals surface area contributed by atoms with Crippen LogP contribution >= 0.6 is 0 Å². The van der Waals surface area contributed by atoms with Crippen LogP contribution in [0.25, 0.3) is 0 Å². The first-order chi connectivity index (χ1) is 9.74. The van der Waals surface area contributed by atoms with Crippen LogP contribution < -0.4 is 10.1 Å². The fourth-order valence-corrected chi connectivity index (χ4v) is 3.46. The van der Waals surface area contributed by atoms with E-state index >= 15 is 0 Å². The molecule has 1 aliphatic rings. The lowest BCUT2D eigenvalue weighted by molar-refractivity contribution is 0.355. The molecule has 2 atom stereocenters. The Labute approximate surface area is 123 Å². The van der Waals surface area contributed by atoms with Crippen molar-refractivity contribution >= 4 is 0 Å². The van der Waals surface area contributed by atoms with E-state index in [1.54, 1.807) is 7.11 Å². The van der Waals surface area contributed by atoms with Gasteiger partial charge in [0.25, 0.3) is 0 Å².